The van der Waals surface area contributed by atoms with E-state index in [2.05, 4.69) is 6.92 Å². The van der Waals surface area contributed by atoms with Crippen molar-refractivity contribution in [2.75, 3.05) is 0 Å². The van der Waals surface area contributed by atoms with Gasteiger partial charge in [-0.2, -0.15) is 8.42 Å². The van der Waals surface area contributed by atoms with Gasteiger partial charge in [0.25, 0.3) is 10.1 Å². The van der Waals surface area contributed by atoms with Crippen molar-refractivity contribution in [1.82, 2.24) is 0 Å². The molecule has 0 saturated carbocycles. The highest BCUT2D eigenvalue weighted by Gasteiger charge is 2.40. The quantitative estimate of drug-likeness (QED) is 0.543. The summed E-state index contributed by atoms with van der Waals surface area (Å²) < 4.78 is 26.3. The zero-order valence-corrected chi connectivity index (χ0v) is 6.05. The van der Waals surface area contributed by atoms with E-state index in [9.17, 15) is 13.2 Å². The third-order valence-electron chi connectivity index (χ3n) is 1.02. The lowest BCUT2D eigenvalue weighted by atomic mass is 10.2. The van der Waals surface area contributed by atoms with Crippen molar-refractivity contribution >= 4 is 16.1 Å². The van der Waals surface area contributed by atoms with Gasteiger partial charge in [0.1, 0.15) is 0 Å². The molecule has 0 fully saturated rings. The fraction of sp³-hybridized carbons (Fsp3) is 0.500. The summed E-state index contributed by atoms with van der Waals surface area (Å²) in [6.45, 7) is 3.60. The first-order chi connectivity index (χ1) is 4.19. The van der Waals surface area contributed by atoms with Crippen molar-refractivity contribution in [2.24, 2.45) is 0 Å². The number of carboxylic acid groups (broad SMARTS) is 1. The molecule has 1 atom stereocenters. The van der Waals surface area contributed by atoms with Crippen LogP contribution < -0.4 is 0 Å². The predicted octanol–water partition coefficient (Wildman–Crippen LogP) is -0.448. The third-order valence-corrected chi connectivity index (χ3v) is 2.34. The van der Waals surface area contributed by atoms with Crippen LogP contribution in [0.2, 0.25) is 0 Å². The van der Waals surface area contributed by atoms with Crippen LogP contribution in [0.25, 0.3) is 0 Å². The molecule has 0 saturated heterocycles. The van der Waals surface area contributed by atoms with Gasteiger partial charge in [0.05, 0.1) is 0 Å². The Kier molecular flexibility index (Phi) is 2.07. The lowest BCUT2D eigenvalue weighted by Gasteiger charge is -2.13. The topological polar surface area (TPSA) is 91.7 Å². The summed E-state index contributed by atoms with van der Waals surface area (Å²) in [6, 6.07) is 0. The van der Waals surface area contributed by atoms with Crippen LogP contribution in [0.1, 0.15) is 6.92 Å². The molecule has 0 aromatic carbocycles. The van der Waals surface area contributed by atoms with Gasteiger partial charge in [-0.25, -0.2) is 0 Å². The van der Waals surface area contributed by atoms with Crippen molar-refractivity contribution in [3.05, 3.63) is 6.92 Å². The Morgan fingerprint density at radius 3 is 1.90 bits per heavy atom. The Hall–Kier alpha value is -0.620. The van der Waals surface area contributed by atoms with Crippen molar-refractivity contribution < 1.29 is 22.9 Å². The summed E-state index contributed by atoms with van der Waals surface area (Å²) in [5.41, 5.74) is 0. The first kappa shape index (κ1) is 9.38. The molecule has 0 aliphatic carbocycles. The highest BCUT2D eigenvalue weighted by Crippen LogP contribution is 2.13. The van der Waals surface area contributed by atoms with E-state index in [4.69, 9.17) is 9.66 Å². The smallest absolute Gasteiger partial charge is 0.327 e. The lowest BCUT2D eigenvalue weighted by molar-refractivity contribution is -0.138. The van der Waals surface area contributed by atoms with Gasteiger partial charge in [-0.05, 0) is 13.8 Å². The van der Waals surface area contributed by atoms with Gasteiger partial charge < -0.3 is 5.11 Å². The Balaban J connectivity index is 4.95. The predicted molar refractivity (Wildman–Crippen MR) is 32.9 cm³/mol. The van der Waals surface area contributed by atoms with E-state index in [0.29, 0.717) is 0 Å². The van der Waals surface area contributed by atoms with Gasteiger partial charge in [0, 0.05) is 0 Å². The first-order valence-corrected chi connectivity index (χ1v) is 3.69. The monoisotopic (exact) mass is 167 g/mol. The Bertz CT molecular complexity index is 236. The molecule has 0 aromatic rings. The van der Waals surface area contributed by atoms with Crippen LogP contribution in [0.15, 0.2) is 0 Å². The number of hydrogen-bond acceptors (Lipinski definition) is 3. The molecule has 0 rings (SSSR count). The van der Waals surface area contributed by atoms with Gasteiger partial charge >= 0.3 is 5.97 Å². The van der Waals surface area contributed by atoms with Crippen LogP contribution in [0, 0.1) is 6.92 Å². The minimum atomic E-state index is -4.61. The standard InChI is InChI=1S/C4H7O5S/c1-4(2,3(5)6)10(7,8)9/h1H2,2H3,(H,5,6)(H,7,8,9). The van der Waals surface area contributed by atoms with Gasteiger partial charge in [-0.1, -0.05) is 0 Å². The number of carboxylic acids is 1. The summed E-state index contributed by atoms with van der Waals surface area (Å²) in [5, 5.41) is 8.18. The molecular formula is C4H7O5S. The average molecular weight is 167 g/mol. The van der Waals surface area contributed by atoms with E-state index in [-0.39, 0.29) is 0 Å². The van der Waals surface area contributed by atoms with E-state index < -0.39 is 20.8 Å². The fourth-order valence-electron chi connectivity index (χ4n) is 0.110. The summed E-state index contributed by atoms with van der Waals surface area (Å²) in [4.78, 5) is 10.1. The molecule has 5 nitrogen and oxygen atoms in total. The maximum Gasteiger partial charge on any atom is 0.327 e. The van der Waals surface area contributed by atoms with Crippen molar-refractivity contribution in [3.8, 4) is 0 Å². The molecule has 0 amide bonds. The number of carbonyl (C=O) groups is 1. The van der Waals surface area contributed by atoms with Crippen LogP contribution in [0.5, 0.6) is 0 Å². The van der Waals surface area contributed by atoms with Crippen LogP contribution >= 0.6 is 0 Å². The SMILES string of the molecule is [CH2]C(C)(C(=O)O)S(=O)(=O)O. The zero-order valence-electron chi connectivity index (χ0n) is 5.23. The van der Waals surface area contributed by atoms with Crippen LogP contribution in [-0.4, -0.2) is 28.8 Å². The molecule has 0 aromatic heterocycles. The molecule has 0 bridgehead atoms. The van der Waals surface area contributed by atoms with Crippen molar-refractivity contribution in [3.63, 3.8) is 0 Å². The van der Waals surface area contributed by atoms with Gasteiger partial charge in [-0.15, -0.1) is 0 Å². The highest BCUT2D eigenvalue weighted by molar-refractivity contribution is 7.88. The van der Waals surface area contributed by atoms with E-state index in [1.807, 2.05) is 0 Å². The molecule has 0 aliphatic heterocycles. The molecular weight excluding hydrogens is 160 g/mol. The molecule has 2 N–H and O–H groups in total. The molecule has 1 unspecified atom stereocenters. The second kappa shape index (κ2) is 2.21. The minimum Gasteiger partial charge on any atom is -0.480 e. The Morgan fingerprint density at radius 2 is 1.90 bits per heavy atom. The summed E-state index contributed by atoms with van der Waals surface area (Å²) in [5.74, 6) is -1.69. The molecule has 0 spiro atoms. The second-order valence-electron chi connectivity index (χ2n) is 2.01. The van der Waals surface area contributed by atoms with E-state index in [1.165, 1.54) is 0 Å². The Labute approximate surface area is 58.4 Å². The van der Waals surface area contributed by atoms with Crippen molar-refractivity contribution in [1.29, 1.82) is 0 Å². The maximum atomic E-state index is 10.2. The molecule has 6 heteroatoms. The van der Waals surface area contributed by atoms with Gasteiger partial charge in [-0.3, -0.25) is 9.35 Å². The maximum absolute atomic E-state index is 10.2. The summed E-state index contributed by atoms with van der Waals surface area (Å²) in [7, 11) is -4.61. The first-order valence-electron chi connectivity index (χ1n) is 2.25. The van der Waals surface area contributed by atoms with Crippen molar-refractivity contribution in [2.45, 2.75) is 11.7 Å². The Morgan fingerprint density at radius 1 is 1.60 bits per heavy atom. The van der Waals surface area contributed by atoms with Crippen LogP contribution in [0.4, 0.5) is 0 Å². The highest BCUT2D eigenvalue weighted by atomic mass is 32.2. The lowest BCUT2D eigenvalue weighted by Crippen LogP contribution is -2.40. The number of rotatable bonds is 2. The normalized spacial score (nSPS) is 13.1. The van der Waals surface area contributed by atoms with Gasteiger partial charge in [0.2, 0.25) is 0 Å². The van der Waals surface area contributed by atoms with E-state index in [0.717, 1.165) is 6.92 Å². The molecule has 59 valence electrons. The van der Waals surface area contributed by atoms with Crippen LogP contribution in [0.3, 0.4) is 0 Å². The van der Waals surface area contributed by atoms with Gasteiger partial charge in [0.15, 0.2) is 4.75 Å². The van der Waals surface area contributed by atoms with Crippen LogP contribution in [-0.2, 0) is 14.9 Å². The fourth-order valence-corrected chi connectivity index (χ4v) is 0.331. The summed E-state index contributed by atoms with van der Waals surface area (Å²) in [6.07, 6.45) is 0. The number of aliphatic carboxylic acids is 1. The largest absolute Gasteiger partial charge is 0.480 e. The van der Waals surface area contributed by atoms with E-state index >= 15 is 0 Å². The molecule has 0 heterocycles. The number of hydrogen-bond donors (Lipinski definition) is 2. The minimum absolute atomic E-state index is 0.796. The summed E-state index contributed by atoms with van der Waals surface area (Å²) >= 11 is 0. The molecule has 1 radical (unpaired) electrons. The molecule has 10 heavy (non-hydrogen) atoms. The van der Waals surface area contributed by atoms with E-state index in [1.54, 1.807) is 0 Å². The molecule has 0 aliphatic rings. The second-order valence-corrected chi connectivity index (χ2v) is 3.86. The zero-order chi connectivity index (χ0) is 8.58. The third kappa shape index (κ3) is 1.45. The average Bonchev–Trinajstić information content (AvgIpc) is 1.62.